The van der Waals surface area contributed by atoms with Gasteiger partial charge in [-0.05, 0) is 38.1 Å². The molecular formula is C15H23ClN4. The van der Waals surface area contributed by atoms with Crippen LogP contribution in [0.2, 0.25) is 5.02 Å². The Kier molecular flexibility index (Phi) is 4.44. The molecule has 0 aliphatic carbocycles. The number of halogens is 1. The van der Waals surface area contributed by atoms with Crippen molar-refractivity contribution < 1.29 is 0 Å². The summed E-state index contributed by atoms with van der Waals surface area (Å²) in [6, 6.07) is 2.85. The van der Waals surface area contributed by atoms with Gasteiger partial charge in [0.15, 0.2) is 0 Å². The zero-order valence-electron chi connectivity index (χ0n) is 12.1. The predicted molar refractivity (Wildman–Crippen MR) is 83.4 cm³/mol. The van der Waals surface area contributed by atoms with Crippen LogP contribution in [-0.2, 0) is 6.54 Å². The Morgan fingerprint density at radius 3 is 3.10 bits per heavy atom. The summed E-state index contributed by atoms with van der Waals surface area (Å²) in [6.07, 6.45) is 5.85. The minimum absolute atomic E-state index is 0.711. The first-order valence-electron chi connectivity index (χ1n) is 7.56. The summed E-state index contributed by atoms with van der Waals surface area (Å²) in [5.41, 5.74) is 1.13. The molecule has 2 fully saturated rings. The number of anilines is 1. The van der Waals surface area contributed by atoms with Gasteiger partial charge in [0.25, 0.3) is 0 Å². The SMILES string of the molecule is CNCc1cc(N2CCN3CCCCC3C2)ncc1Cl. The van der Waals surface area contributed by atoms with Crippen molar-refractivity contribution in [2.45, 2.75) is 31.8 Å². The Bertz CT molecular complexity index is 465. The van der Waals surface area contributed by atoms with Crippen LogP contribution in [0.1, 0.15) is 24.8 Å². The molecule has 1 aromatic heterocycles. The van der Waals surface area contributed by atoms with E-state index in [0.717, 1.165) is 42.6 Å². The average molecular weight is 295 g/mol. The van der Waals surface area contributed by atoms with Gasteiger partial charge in [-0.15, -0.1) is 0 Å². The smallest absolute Gasteiger partial charge is 0.129 e. The lowest BCUT2D eigenvalue weighted by molar-refractivity contribution is 0.133. The second kappa shape index (κ2) is 6.29. The van der Waals surface area contributed by atoms with Crippen LogP contribution in [0.5, 0.6) is 0 Å². The maximum atomic E-state index is 6.20. The number of pyridine rings is 1. The van der Waals surface area contributed by atoms with E-state index in [0.29, 0.717) is 6.04 Å². The van der Waals surface area contributed by atoms with E-state index < -0.39 is 0 Å². The van der Waals surface area contributed by atoms with Crippen LogP contribution in [0.25, 0.3) is 0 Å². The zero-order chi connectivity index (χ0) is 13.9. The minimum atomic E-state index is 0.711. The zero-order valence-corrected chi connectivity index (χ0v) is 12.9. The third-order valence-electron chi connectivity index (χ3n) is 4.45. The van der Waals surface area contributed by atoms with Crippen molar-refractivity contribution in [3.63, 3.8) is 0 Å². The molecule has 1 aromatic rings. The first-order valence-corrected chi connectivity index (χ1v) is 7.94. The van der Waals surface area contributed by atoms with Gasteiger partial charge >= 0.3 is 0 Å². The highest BCUT2D eigenvalue weighted by molar-refractivity contribution is 6.31. The number of aromatic nitrogens is 1. The quantitative estimate of drug-likeness (QED) is 0.925. The van der Waals surface area contributed by atoms with E-state index >= 15 is 0 Å². The monoisotopic (exact) mass is 294 g/mol. The molecule has 5 heteroatoms. The van der Waals surface area contributed by atoms with Crippen molar-refractivity contribution >= 4 is 17.4 Å². The molecule has 1 unspecified atom stereocenters. The number of hydrogen-bond donors (Lipinski definition) is 1. The second-order valence-corrected chi connectivity index (χ2v) is 6.20. The largest absolute Gasteiger partial charge is 0.354 e. The first kappa shape index (κ1) is 14.1. The van der Waals surface area contributed by atoms with Crippen molar-refractivity contribution in [2.75, 3.05) is 38.1 Å². The lowest BCUT2D eigenvalue weighted by Gasteiger charge is -2.44. The molecule has 0 spiro atoms. The molecule has 110 valence electrons. The predicted octanol–water partition coefficient (Wildman–Crippen LogP) is 2.13. The summed E-state index contributed by atoms with van der Waals surface area (Å²) in [7, 11) is 1.94. The first-order chi connectivity index (χ1) is 9.78. The number of nitrogens with one attached hydrogen (secondary N) is 1. The number of rotatable bonds is 3. The Hall–Kier alpha value is -0.840. The molecule has 3 heterocycles. The van der Waals surface area contributed by atoms with Gasteiger partial charge in [-0.1, -0.05) is 18.0 Å². The van der Waals surface area contributed by atoms with Gasteiger partial charge in [0.05, 0.1) is 5.02 Å². The average Bonchev–Trinajstić information content (AvgIpc) is 2.49. The summed E-state index contributed by atoms with van der Waals surface area (Å²) in [6.45, 7) is 5.41. The van der Waals surface area contributed by atoms with Crippen LogP contribution in [0.3, 0.4) is 0 Å². The lowest BCUT2D eigenvalue weighted by Crippen LogP contribution is -2.55. The van der Waals surface area contributed by atoms with Gasteiger partial charge in [0.2, 0.25) is 0 Å². The number of piperidine rings is 1. The number of fused-ring (bicyclic) bond motifs is 1. The van der Waals surface area contributed by atoms with Crippen LogP contribution in [0.15, 0.2) is 12.3 Å². The van der Waals surface area contributed by atoms with Gasteiger partial charge in [0.1, 0.15) is 5.82 Å². The molecule has 0 radical (unpaired) electrons. The molecule has 2 aliphatic heterocycles. The van der Waals surface area contributed by atoms with Crippen molar-refractivity contribution in [3.05, 3.63) is 22.8 Å². The van der Waals surface area contributed by atoms with Crippen molar-refractivity contribution in [3.8, 4) is 0 Å². The molecule has 20 heavy (non-hydrogen) atoms. The Morgan fingerprint density at radius 1 is 1.35 bits per heavy atom. The van der Waals surface area contributed by atoms with Gasteiger partial charge in [-0.2, -0.15) is 0 Å². The topological polar surface area (TPSA) is 31.4 Å². The third-order valence-corrected chi connectivity index (χ3v) is 4.79. The summed E-state index contributed by atoms with van der Waals surface area (Å²) in [5, 5.41) is 3.91. The number of nitrogens with zero attached hydrogens (tertiary/aromatic N) is 3. The highest BCUT2D eigenvalue weighted by atomic mass is 35.5. The third kappa shape index (κ3) is 2.92. The molecule has 4 nitrogen and oxygen atoms in total. The van der Waals surface area contributed by atoms with Gasteiger partial charge in [-0.25, -0.2) is 4.98 Å². The van der Waals surface area contributed by atoms with Gasteiger partial charge in [-0.3, -0.25) is 4.90 Å². The number of piperazine rings is 1. The summed E-state index contributed by atoms with van der Waals surface area (Å²) in [4.78, 5) is 9.59. The maximum absolute atomic E-state index is 6.20. The van der Waals surface area contributed by atoms with E-state index in [-0.39, 0.29) is 0 Å². The fraction of sp³-hybridized carbons (Fsp3) is 0.667. The van der Waals surface area contributed by atoms with E-state index in [1.165, 1.54) is 25.8 Å². The van der Waals surface area contributed by atoms with Crippen LogP contribution >= 0.6 is 11.6 Å². The normalized spacial score (nSPS) is 23.7. The van der Waals surface area contributed by atoms with Crippen LogP contribution in [-0.4, -0.2) is 49.2 Å². The summed E-state index contributed by atoms with van der Waals surface area (Å²) >= 11 is 6.20. The number of hydrogen-bond acceptors (Lipinski definition) is 4. The summed E-state index contributed by atoms with van der Waals surface area (Å²) < 4.78 is 0. The molecule has 3 rings (SSSR count). The Labute approximate surface area is 126 Å². The van der Waals surface area contributed by atoms with Crippen molar-refractivity contribution in [1.82, 2.24) is 15.2 Å². The fourth-order valence-corrected chi connectivity index (χ4v) is 3.50. The highest BCUT2D eigenvalue weighted by Crippen LogP contribution is 2.26. The second-order valence-electron chi connectivity index (χ2n) is 5.80. The summed E-state index contributed by atoms with van der Waals surface area (Å²) in [5.74, 6) is 1.07. The molecule has 0 amide bonds. The standard InChI is InChI=1S/C15H23ClN4/c1-17-9-12-8-15(18-10-14(12)16)20-7-6-19-5-3-2-4-13(19)11-20/h8,10,13,17H,2-7,9,11H2,1H3. The van der Waals surface area contributed by atoms with Crippen LogP contribution in [0, 0.1) is 0 Å². The van der Waals surface area contributed by atoms with E-state index in [1.807, 2.05) is 7.05 Å². The minimum Gasteiger partial charge on any atom is -0.354 e. The molecule has 0 saturated carbocycles. The van der Waals surface area contributed by atoms with E-state index in [4.69, 9.17) is 11.6 Å². The van der Waals surface area contributed by atoms with Crippen molar-refractivity contribution in [2.24, 2.45) is 0 Å². The van der Waals surface area contributed by atoms with Crippen LogP contribution < -0.4 is 10.2 Å². The van der Waals surface area contributed by atoms with Crippen LogP contribution in [0.4, 0.5) is 5.82 Å². The maximum Gasteiger partial charge on any atom is 0.129 e. The Morgan fingerprint density at radius 2 is 2.25 bits per heavy atom. The van der Waals surface area contributed by atoms with Crippen molar-refractivity contribution in [1.29, 1.82) is 0 Å². The molecule has 0 aromatic carbocycles. The molecule has 0 bridgehead atoms. The molecular weight excluding hydrogens is 272 g/mol. The Balaban J connectivity index is 1.74. The highest BCUT2D eigenvalue weighted by Gasteiger charge is 2.29. The molecule has 1 atom stereocenters. The van der Waals surface area contributed by atoms with E-state index in [2.05, 4.69) is 26.2 Å². The van der Waals surface area contributed by atoms with E-state index in [1.54, 1.807) is 6.20 Å². The fourth-order valence-electron chi connectivity index (χ4n) is 3.33. The molecule has 2 saturated heterocycles. The molecule has 2 aliphatic rings. The lowest BCUT2D eigenvalue weighted by atomic mass is 9.99. The molecule has 1 N–H and O–H groups in total. The van der Waals surface area contributed by atoms with Gasteiger partial charge in [0, 0.05) is 38.4 Å². The van der Waals surface area contributed by atoms with Gasteiger partial charge < -0.3 is 10.2 Å². The van der Waals surface area contributed by atoms with E-state index in [9.17, 15) is 0 Å².